The number of aliphatic hydroxyl groups is 10. The van der Waals surface area contributed by atoms with Crippen molar-refractivity contribution in [3.8, 4) is 0 Å². The van der Waals surface area contributed by atoms with Gasteiger partial charge in [-0.25, -0.2) is 0 Å². The summed E-state index contributed by atoms with van der Waals surface area (Å²) in [5.74, 6) is -0.339. The molecule has 19 nitrogen and oxygen atoms in total. The van der Waals surface area contributed by atoms with Crippen molar-refractivity contribution in [3.05, 3.63) is 29.8 Å². The molecule has 17 unspecified atom stereocenters. The largest absolute Gasteiger partial charge is 0.394 e. The highest BCUT2D eigenvalue weighted by Crippen LogP contribution is 2.33. The number of aliphatic hydroxyl groups excluding tert-OH is 10. The molecule has 0 aromatic heterocycles. The van der Waals surface area contributed by atoms with Gasteiger partial charge in [0.15, 0.2) is 18.9 Å². The summed E-state index contributed by atoms with van der Waals surface area (Å²) in [5.41, 5.74) is 2.05. The van der Waals surface area contributed by atoms with Gasteiger partial charge < -0.3 is 89.1 Å². The Morgan fingerprint density at radius 1 is 0.667 bits per heavy atom. The molecule has 310 valence electrons. The maximum atomic E-state index is 11.4. The lowest BCUT2D eigenvalue weighted by molar-refractivity contribution is -0.354. The number of rotatable bonds is 14. The van der Waals surface area contributed by atoms with E-state index in [2.05, 4.69) is 0 Å². The van der Waals surface area contributed by atoms with E-state index in [-0.39, 0.29) is 19.1 Å². The van der Waals surface area contributed by atoms with Crippen LogP contribution in [0, 0.1) is 5.92 Å². The highest BCUT2D eigenvalue weighted by atomic mass is 16.7. The lowest BCUT2D eigenvalue weighted by Crippen LogP contribution is -2.65. The van der Waals surface area contributed by atoms with E-state index in [0.717, 1.165) is 11.3 Å². The number of benzene rings is 1. The van der Waals surface area contributed by atoms with Crippen LogP contribution in [-0.2, 0) is 39.7 Å². The number of anilines is 1. The van der Waals surface area contributed by atoms with Crippen LogP contribution in [0.5, 0.6) is 0 Å². The molecular formula is C35H58N2O17. The molecule has 0 bridgehead atoms. The quantitative estimate of drug-likeness (QED) is 0.0852. The monoisotopic (exact) mass is 778 g/mol. The maximum absolute atomic E-state index is 11.4. The second kappa shape index (κ2) is 19.2. The summed E-state index contributed by atoms with van der Waals surface area (Å²) in [6, 6.07) is 7.98. The Hall–Kier alpha value is -1.70. The third-order valence-electron chi connectivity index (χ3n) is 10.4. The van der Waals surface area contributed by atoms with Crippen molar-refractivity contribution in [2.45, 2.75) is 125 Å². The van der Waals surface area contributed by atoms with Crippen LogP contribution in [0.3, 0.4) is 0 Å². The predicted molar refractivity (Wildman–Crippen MR) is 185 cm³/mol. The minimum Gasteiger partial charge on any atom is -0.394 e. The van der Waals surface area contributed by atoms with Crippen LogP contribution in [0.2, 0.25) is 0 Å². The highest BCUT2D eigenvalue weighted by molar-refractivity contribution is 5.46. The van der Waals surface area contributed by atoms with Crippen molar-refractivity contribution in [1.29, 1.82) is 0 Å². The molecule has 1 aromatic rings. The summed E-state index contributed by atoms with van der Waals surface area (Å²) in [6.45, 7) is 2.44. The van der Waals surface area contributed by atoms with Crippen LogP contribution < -0.4 is 4.90 Å². The van der Waals surface area contributed by atoms with Gasteiger partial charge in [-0.1, -0.05) is 26.0 Å². The average molecular weight is 779 g/mol. The number of hydrogen-bond donors (Lipinski definition) is 10. The Bertz CT molecular complexity index is 1280. The van der Waals surface area contributed by atoms with Crippen molar-refractivity contribution in [2.75, 3.05) is 58.5 Å². The predicted octanol–water partition coefficient (Wildman–Crippen LogP) is -4.56. The SMILES string of the molecule is CC(C)C1OC(COC2OC(CO)C(O)C(OC3CN(Cc4ccc(N(C)C)cc4)CC(CO)O3)C2O)C(O)C(OC2OC(CO)C(O)C(O)C2O)C1O. The Morgan fingerprint density at radius 3 is 1.89 bits per heavy atom. The van der Waals surface area contributed by atoms with Crippen LogP contribution in [0.25, 0.3) is 0 Å². The van der Waals surface area contributed by atoms with Crippen LogP contribution in [-0.4, -0.2) is 214 Å². The minimum absolute atomic E-state index is 0.217. The van der Waals surface area contributed by atoms with E-state index in [1.807, 2.05) is 48.2 Å². The van der Waals surface area contributed by atoms with Crippen LogP contribution in [0.15, 0.2) is 24.3 Å². The Balaban J connectivity index is 1.25. The third kappa shape index (κ3) is 9.87. The molecule has 0 aliphatic carbocycles. The molecule has 0 amide bonds. The summed E-state index contributed by atoms with van der Waals surface area (Å²) in [4.78, 5) is 4.00. The molecule has 0 radical (unpaired) electrons. The number of nitrogens with zero attached hydrogens (tertiary/aromatic N) is 2. The van der Waals surface area contributed by atoms with Gasteiger partial charge in [0, 0.05) is 39.4 Å². The first-order valence-corrected chi connectivity index (χ1v) is 18.3. The number of morpholine rings is 1. The van der Waals surface area contributed by atoms with Gasteiger partial charge in [-0.05, 0) is 23.6 Å². The molecule has 4 fully saturated rings. The molecule has 0 spiro atoms. The van der Waals surface area contributed by atoms with Crippen molar-refractivity contribution in [3.63, 3.8) is 0 Å². The number of hydrogen-bond acceptors (Lipinski definition) is 19. The minimum atomic E-state index is -1.80. The molecule has 54 heavy (non-hydrogen) atoms. The van der Waals surface area contributed by atoms with Gasteiger partial charge in [0.1, 0.15) is 73.2 Å². The molecule has 0 saturated carbocycles. The lowest BCUT2D eigenvalue weighted by Gasteiger charge is -2.48. The normalized spacial score (nSPS) is 42.3. The Kier molecular flexibility index (Phi) is 15.4. The summed E-state index contributed by atoms with van der Waals surface area (Å²) in [6.07, 6.45) is -24.0. The lowest BCUT2D eigenvalue weighted by atomic mass is 9.89. The average Bonchev–Trinajstić information content (AvgIpc) is 3.15. The fourth-order valence-electron chi connectivity index (χ4n) is 7.20. The zero-order chi connectivity index (χ0) is 39.4. The molecule has 1 aromatic carbocycles. The second-order valence-corrected chi connectivity index (χ2v) is 14.9. The molecule has 4 aliphatic rings. The van der Waals surface area contributed by atoms with Gasteiger partial charge >= 0.3 is 0 Å². The second-order valence-electron chi connectivity index (χ2n) is 14.9. The molecular weight excluding hydrogens is 720 g/mol. The Morgan fingerprint density at radius 2 is 1.28 bits per heavy atom. The van der Waals surface area contributed by atoms with Gasteiger partial charge in [-0.3, -0.25) is 4.90 Å². The van der Waals surface area contributed by atoms with E-state index in [1.165, 1.54) is 0 Å². The van der Waals surface area contributed by atoms with Crippen LogP contribution in [0.4, 0.5) is 5.69 Å². The first-order chi connectivity index (χ1) is 25.7. The summed E-state index contributed by atoms with van der Waals surface area (Å²) in [7, 11) is 3.89. The Labute approximate surface area is 313 Å². The van der Waals surface area contributed by atoms with E-state index in [9.17, 15) is 51.1 Å². The van der Waals surface area contributed by atoms with Gasteiger partial charge in [0.25, 0.3) is 0 Å². The van der Waals surface area contributed by atoms with E-state index >= 15 is 0 Å². The third-order valence-corrected chi connectivity index (χ3v) is 10.4. The molecule has 19 heteroatoms. The van der Waals surface area contributed by atoms with Crippen LogP contribution in [0.1, 0.15) is 19.4 Å². The van der Waals surface area contributed by atoms with E-state index < -0.39 is 124 Å². The molecule has 4 saturated heterocycles. The summed E-state index contributed by atoms with van der Waals surface area (Å²) >= 11 is 0. The van der Waals surface area contributed by atoms with Crippen molar-refractivity contribution < 1.29 is 84.2 Å². The molecule has 4 heterocycles. The maximum Gasteiger partial charge on any atom is 0.187 e. The zero-order valence-corrected chi connectivity index (χ0v) is 30.9. The van der Waals surface area contributed by atoms with Crippen LogP contribution >= 0.6 is 0 Å². The first-order valence-electron chi connectivity index (χ1n) is 18.3. The number of ether oxygens (including phenoxy) is 7. The van der Waals surface area contributed by atoms with Crippen molar-refractivity contribution in [2.24, 2.45) is 5.92 Å². The first kappa shape index (κ1) is 43.4. The van der Waals surface area contributed by atoms with Gasteiger partial charge in [0.05, 0.1) is 38.6 Å². The van der Waals surface area contributed by atoms with Gasteiger partial charge in [-0.2, -0.15) is 0 Å². The van der Waals surface area contributed by atoms with E-state index in [0.29, 0.717) is 13.1 Å². The standard InChI is InChI=1S/C35H58N2O17/c1-16(2)31-29(46)32(54-35-28(45)27(44)24(41)20(13-39)52-35)26(43)22(50-31)15-48-34-30(47)33(25(42)21(14-40)51-34)53-23-11-37(10-19(12-38)49-23)9-17-5-7-18(8-6-17)36(3)4/h5-8,16,19-35,38-47H,9-15H2,1-4H3. The smallest absolute Gasteiger partial charge is 0.187 e. The molecule has 5 rings (SSSR count). The highest BCUT2D eigenvalue weighted by Gasteiger charge is 2.52. The zero-order valence-electron chi connectivity index (χ0n) is 30.9. The topological polar surface area (TPSA) is 273 Å². The fraction of sp³-hybridized carbons (Fsp3) is 0.829. The molecule has 17 atom stereocenters. The van der Waals surface area contributed by atoms with Crippen molar-refractivity contribution >= 4 is 5.69 Å². The fourth-order valence-corrected chi connectivity index (χ4v) is 7.20. The molecule has 10 N–H and O–H groups in total. The summed E-state index contributed by atoms with van der Waals surface area (Å²) in [5, 5.41) is 105. The van der Waals surface area contributed by atoms with Gasteiger partial charge in [-0.15, -0.1) is 0 Å². The molecule has 4 aliphatic heterocycles. The summed E-state index contributed by atoms with van der Waals surface area (Å²) < 4.78 is 40.8. The van der Waals surface area contributed by atoms with Crippen molar-refractivity contribution in [1.82, 2.24) is 4.90 Å². The van der Waals surface area contributed by atoms with E-state index in [4.69, 9.17) is 33.2 Å². The van der Waals surface area contributed by atoms with Gasteiger partial charge in [0.2, 0.25) is 0 Å². The van der Waals surface area contributed by atoms with E-state index in [1.54, 1.807) is 13.8 Å².